The van der Waals surface area contributed by atoms with Crippen molar-refractivity contribution >= 4 is 33.2 Å². The summed E-state index contributed by atoms with van der Waals surface area (Å²) in [5.41, 5.74) is 0.961. The van der Waals surface area contributed by atoms with Crippen molar-refractivity contribution < 1.29 is 0 Å². The number of hydrogen-bond acceptors (Lipinski definition) is 3. The van der Waals surface area contributed by atoms with Gasteiger partial charge in [-0.05, 0) is 24.5 Å². The van der Waals surface area contributed by atoms with Crippen molar-refractivity contribution in [1.29, 1.82) is 0 Å². The molecule has 0 unspecified atom stereocenters. The first-order chi connectivity index (χ1) is 5.29. The fourth-order valence-corrected chi connectivity index (χ4v) is 2.12. The number of nitrogens with zero attached hydrogens (tertiary/aromatic N) is 2. The quantitative estimate of drug-likeness (QED) is 0.589. The van der Waals surface area contributed by atoms with E-state index in [2.05, 4.69) is 9.36 Å². The van der Waals surface area contributed by atoms with Crippen LogP contribution in [0.25, 0.3) is 10.1 Å². The highest BCUT2D eigenvalue weighted by molar-refractivity contribution is 7.13. The lowest BCUT2D eigenvalue weighted by molar-refractivity contribution is 1.33. The van der Waals surface area contributed by atoms with Crippen molar-refractivity contribution in [2.75, 3.05) is 0 Å². The van der Waals surface area contributed by atoms with Gasteiger partial charge < -0.3 is 0 Å². The van der Waals surface area contributed by atoms with Gasteiger partial charge in [-0.1, -0.05) is 11.6 Å². The third kappa shape index (κ3) is 1.01. The minimum atomic E-state index is 0.550. The second kappa shape index (κ2) is 2.43. The average Bonchev–Trinajstić information content (AvgIpc) is 2.34. The van der Waals surface area contributed by atoms with E-state index >= 15 is 0 Å². The molecule has 0 bridgehead atoms. The lowest BCUT2D eigenvalue weighted by Gasteiger charge is -1.90. The van der Waals surface area contributed by atoms with Crippen LogP contribution in [0.15, 0.2) is 12.3 Å². The molecule has 0 fully saturated rings. The largest absolute Gasteiger partial charge is 0.244 e. The van der Waals surface area contributed by atoms with Crippen molar-refractivity contribution in [3.8, 4) is 0 Å². The minimum Gasteiger partial charge on any atom is -0.244 e. The van der Waals surface area contributed by atoms with E-state index in [0.29, 0.717) is 5.15 Å². The Morgan fingerprint density at radius 3 is 3.09 bits per heavy atom. The van der Waals surface area contributed by atoms with E-state index in [9.17, 15) is 0 Å². The van der Waals surface area contributed by atoms with E-state index in [1.54, 1.807) is 6.20 Å². The molecule has 2 rings (SSSR count). The molecule has 0 saturated carbocycles. The van der Waals surface area contributed by atoms with Crippen LogP contribution in [0.1, 0.15) is 5.69 Å². The molecule has 2 aromatic heterocycles. The van der Waals surface area contributed by atoms with Crippen LogP contribution in [-0.2, 0) is 0 Å². The van der Waals surface area contributed by atoms with Crippen LogP contribution < -0.4 is 0 Å². The summed E-state index contributed by atoms with van der Waals surface area (Å²) < 4.78 is 5.27. The monoisotopic (exact) mass is 184 g/mol. The second-order valence-electron chi connectivity index (χ2n) is 2.24. The van der Waals surface area contributed by atoms with Crippen LogP contribution >= 0.6 is 23.1 Å². The van der Waals surface area contributed by atoms with Crippen LogP contribution in [0.2, 0.25) is 5.15 Å². The van der Waals surface area contributed by atoms with Crippen molar-refractivity contribution in [2.24, 2.45) is 0 Å². The van der Waals surface area contributed by atoms with Gasteiger partial charge in [0.15, 0.2) is 0 Å². The van der Waals surface area contributed by atoms with Gasteiger partial charge in [-0.3, -0.25) is 0 Å². The van der Waals surface area contributed by atoms with E-state index in [1.807, 2.05) is 13.0 Å². The maximum atomic E-state index is 5.86. The smallest absolute Gasteiger partial charge is 0.139 e. The Morgan fingerprint density at radius 2 is 2.36 bits per heavy atom. The SMILES string of the molecule is Cc1nsc2ccnc(Cl)c12. The molecule has 0 N–H and O–H groups in total. The van der Waals surface area contributed by atoms with Crippen LogP contribution in [-0.4, -0.2) is 9.36 Å². The summed E-state index contributed by atoms with van der Waals surface area (Å²) in [6, 6.07) is 1.92. The van der Waals surface area contributed by atoms with Gasteiger partial charge in [-0.15, -0.1) is 0 Å². The normalized spacial score (nSPS) is 10.7. The van der Waals surface area contributed by atoms with E-state index in [0.717, 1.165) is 15.8 Å². The zero-order valence-corrected chi connectivity index (χ0v) is 7.41. The van der Waals surface area contributed by atoms with Gasteiger partial charge >= 0.3 is 0 Å². The van der Waals surface area contributed by atoms with Gasteiger partial charge in [-0.2, -0.15) is 4.37 Å². The number of rotatable bonds is 0. The molecule has 2 nitrogen and oxygen atoms in total. The Morgan fingerprint density at radius 1 is 1.55 bits per heavy atom. The van der Waals surface area contributed by atoms with E-state index < -0.39 is 0 Å². The van der Waals surface area contributed by atoms with Gasteiger partial charge in [0.05, 0.1) is 15.8 Å². The van der Waals surface area contributed by atoms with Crippen LogP contribution in [0.4, 0.5) is 0 Å². The first kappa shape index (κ1) is 7.00. The van der Waals surface area contributed by atoms with Crippen LogP contribution in [0.5, 0.6) is 0 Å². The van der Waals surface area contributed by atoms with Gasteiger partial charge in [0, 0.05) is 6.20 Å². The topological polar surface area (TPSA) is 25.8 Å². The molecule has 11 heavy (non-hydrogen) atoms. The number of hydrogen-bond donors (Lipinski definition) is 0. The number of aryl methyl sites for hydroxylation is 1. The fraction of sp³-hybridized carbons (Fsp3) is 0.143. The molecule has 0 amide bonds. The highest BCUT2D eigenvalue weighted by atomic mass is 35.5. The van der Waals surface area contributed by atoms with E-state index in [1.165, 1.54) is 11.5 Å². The molecule has 0 aliphatic heterocycles. The number of aromatic nitrogens is 2. The molecular weight excluding hydrogens is 180 g/mol. The molecule has 0 aromatic carbocycles. The zero-order chi connectivity index (χ0) is 7.84. The maximum absolute atomic E-state index is 5.86. The summed E-state index contributed by atoms with van der Waals surface area (Å²) in [7, 11) is 0. The molecule has 0 spiro atoms. The van der Waals surface area contributed by atoms with E-state index in [4.69, 9.17) is 11.6 Å². The Hall–Kier alpha value is -0.670. The Labute approximate surface area is 73.0 Å². The van der Waals surface area contributed by atoms with Gasteiger partial charge in [0.2, 0.25) is 0 Å². The van der Waals surface area contributed by atoms with Gasteiger partial charge in [0.1, 0.15) is 5.15 Å². The van der Waals surface area contributed by atoms with Crippen molar-refractivity contribution in [3.05, 3.63) is 23.1 Å². The minimum absolute atomic E-state index is 0.550. The number of fused-ring (bicyclic) bond motifs is 1. The van der Waals surface area contributed by atoms with E-state index in [-0.39, 0.29) is 0 Å². The molecule has 2 aromatic rings. The summed E-state index contributed by atoms with van der Waals surface area (Å²) >= 11 is 7.31. The Balaban J connectivity index is 2.96. The number of pyridine rings is 1. The zero-order valence-electron chi connectivity index (χ0n) is 5.84. The lowest BCUT2D eigenvalue weighted by Crippen LogP contribution is -1.75. The average molecular weight is 185 g/mol. The lowest BCUT2D eigenvalue weighted by atomic mass is 10.3. The molecule has 0 atom stereocenters. The fourth-order valence-electron chi connectivity index (χ4n) is 0.987. The molecule has 56 valence electrons. The Bertz CT molecular complexity index is 396. The van der Waals surface area contributed by atoms with Crippen LogP contribution in [0.3, 0.4) is 0 Å². The van der Waals surface area contributed by atoms with Crippen molar-refractivity contribution in [1.82, 2.24) is 9.36 Å². The molecule has 4 heteroatoms. The maximum Gasteiger partial charge on any atom is 0.139 e. The van der Waals surface area contributed by atoms with Gasteiger partial charge in [0.25, 0.3) is 0 Å². The summed E-state index contributed by atoms with van der Waals surface area (Å²) in [6.45, 7) is 1.94. The highest BCUT2D eigenvalue weighted by Gasteiger charge is 2.05. The van der Waals surface area contributed by atoms with Crippen molar-refractivity contribution in [3.63, 3.8) is 0 Å². The van der Waals surface area contributed by atoms with Crippen molar-refractivity contribution in [2.45, 2.75) is 6.92 Å². The second-order valence-corrected chi connectivity index (χ2v) is 3.41. The molecular formula is C7H5ClN2S. The summed E-state index contributed by atoms with van der Waals surface area (Å²) in [6.07, 6.45) is 1.70. The predicted octanol–water partition coefficient (Wildman–Crippen LogP) is 2.65. The molecule has 0 aliphatic carbocycles. The molecule has 0 saturated heterocycles. The summed E-state index contributed by atoms with van der Waals surface area (Å²) in [5, 5.41) is 1.54. The standard InChI is InChI=1S/C7H5ClN2S/c1-4-6-5(11-10-4)2-3-9-7(6)8/h2-3H,1H3. The molecule has 0 aliphatic rings. The third-order valence-electron chi connectivity index (χ3n) is 1.51. The first-order valence-corrected chi connectivity index (χ1v) is 4.30. The Kier molecular flexibility index (Phi) is 1.55. The molecule has 0 radical (unpaired) electrons. The summed E-state index contributed by atoms with van der Waals surface area (Å²) in [5.74, 6) is 0. The first-order valence-electron chi connectivity index (χ1n) is 3.15. The predicted molar refractivity (Wildman–Crippen MR) is 47.2 cm³/mol. The highest BCUT2D eigenvalue weighted by Crippen LogP contribution is 2.26. The third-order valence-corrected chi connectivity index (χ3v) is 2.70. The molecule has 2 heterocycles. The van der Waals surface area contributed by atoms with Gasteiger partial charge in [-0.25, -0.2) is 4.98 Å². The summed E-state index contributed by atoms with van der Waals surface area (Å²) in [4.78, 5) is 3.97. The number of halogens is 1. The van der Waals surface area contributed by atoms with Crippen LogP contribution in [0, 0.1) is 6.92 Å².